The van der Waals surface area contributed by atoms with Gasteiger partial charge in [0.25, 0.3) is 10.0 Å². The molecule has 1 N–H and O–H groups in total. The van der Waals surface area contributed by atoms with E-state index in [2.05, 4.69) is 5.32 Å². The lowest BCUT2D eigenvalue weighted by molar-refractivity contribution is -0.139. The second-order valence-electron chi connectivity index (χ2n) is 9.73. The summed E-state index contributed by atoms with van der Waals surface area (Å²) < 4.78 is 43.1. The van der Waals surface area contributed by atoms with Crippen LogP contribution in [-0.4, -0.2) is 44.3 Å². The highest BCUT2D eigenvalue weighted by Crippen LogP contribution is 2.26. The van der Waals surface area contributed by atoms with E-state index in [4.69, 9.17) is 11.6 Å². The number of hydrogen-bond acceptors (Lipinski definition) is 4. The van der Waals surface area contributed by atoms with Crippen LogP contribution in [0.25, 0.3) is 0 Å². The summed E-state index contributed by atoms with van der Waals surface area (Å²) in [6, 6.07) is 17.3. The van der Waals surface area contributed by atoms with Gasteiger partial charge in [-0.05, 0) is 62.2 Å². The molecule has 0 unspecified atom stereocenters. The van der Waals surface area contributed by atoms with E-state index in [-0.39, 0.29) is 28.6 Å². The molecule has 0 bridgehead atoms. The lowest BCUT2D eigenvalue weighted by Crippen LogP contribution is -2.51. The maximum absolute atomic E-state index is 14.6. The van der Waals surface area contributed by atoms with Crippen LogP contribution in [0.15, 0.2) is 77.7 Å². The Labute approximate surface area is 234 Å². The smallest absolute Gasteiger partial charge is 0.264 e. The number of aryl methyl sites for hydroxylation is 1. The number of anilines is 1. The zero-order valence-corrected chi connectivity index (χ0v) is 24.0. The topological polar surface area (TPSA) is 86.8 Å². The van der Waals surface area contributed by atoms with E-state index in [0.29, 0.717) is 11.6 Å². The Kier molecular flexibility index (Phi) is 10.1. The fourth-order valence-corrected chi connectivity index (χ4v) is 5.36. The molecule has 0 radical (unpaired) electrons. The van der Waals surface area contributed by atoms with Crippen molar-refractivity contribution in [1.82, 2.24) is 10.2 Å². The number of amides is 2. The summed E-state index contributed by atoms with van der Waals surface area (Å²) in [5, 5.41) is 3.16. The molecule has 208 valence electrons. The minimum absolute atomic E-state index is 0.0522. The maximum Gasteiger partial charge on any atom is 0.264 e. The molecule has 0 fully saturated rings. The summed E-state index contributed by atoms with van der Waals surface area (Å²) in [7, 11) is -4.21. The molecule has 0 aromatic heterocycles. The number of nitrogens with zero attached hydrogens (tertiary/aromatic N) is 2. The zero-order valence-electron chi connectivity index (χ0n) is 22.4. The third-order valence-electron chi connectivity index (χ3n) is 6.15. The number of hydrogen-bond donors (Lipinski definition) is 1. The zero-order chi connectivity index (χ0) is 28.7. The molecule has 0 saturated heterocycles. The molecule has 39 heavy (non-hydrogen) atoms. The molecule has 0 heterocycles. The van der Waals surface area contributed by atoms with Crippen LogP contribution in [0.3, 0.4) is 0 Å². The van der Waals surface area contributed by atoms with Crippen LogP contribution in [0.1, 0.15) is 31.9 Å². The second-order valence-corrected chi connectivity index (χ2v) is 12.0. The lowest BCUT2D eigenvalue weighted by atomic mass is 10.1. The van der Waals surface area contributed by atoms with E-state index in [1.165, 1.54) is 54.3 Å². The van der Waals surface area contributed by atoms with Gasteiger partial charge in [-0.3, -0.25) is 13.9 Å². The van der Waals surface area contributed by atoms with Gasteiger partial charge in [0.15, 0.2) is 0 Å². The van der Waals surface area contributed by atoms with Crippen molar-refractivity contribution in [3.05, 3.63) is 94.8 Å². The van der Waals surface area contributed by atoms with Gasteiger partial charge < -0.3 is 10.2 Å². The van der Waals surface area contributed by atoms with Crippen LogP contribution in [-0.2, 0) is 26.2 Å². The van der Waals surface area contributed by atoms with Gasteiger partial charge >= 0.3 is 0 Å². The van der Waals surface area contributed by atoms with E-state index in [9.17, 15) is 22.4 Å². The molecule has 2 amide bonds. The number of carbonyl (C=O) groups is 2. The minimum atomic E-state index is -4.21. The van der Waals surface area contributed by atoms with Gasteiger partial charge in [0.1, 0.15) is 18.4 Å². The highest BCUT2D eigenvalue weighted by atomic mass is 35.5. The first-order valence-electron chi connectivity index (χ1n) is 12.6. The predicted octanol–water partition coefficient (Wildman–Crippen LogP) is 5.17. The Morgan fingerprint density at radius 3 is 2.15 bits per heavy atom. The molecular formula is C29H33ClFN3O4S. The average Bonchev–Trinajstić information content (AvgIpc) is 2.90. The average molecular weight is 574 g/mol. The van der Waals surface area contributed by atoms with Gasteiger partial charge in [-0.1, -0.05) is 61.3 Å². The van der Waals surface area contributed by atoms with E-state index >= 15 is 0 Å². The second kappa shape index (κ2) is 13.1. The standard InChI is InChI=1S/C29H33ClFN3O4S/c1-20(2)17-32-29(36)22(4)33(18-23-7-5-6-8-27(23)31)28(35)19-34(25-13-9-21(3)10-14-25)39(37,38)26-15-11-24(30)12-16-26/h5-16,20,22H,17-19H2,1-4H3,(H,32,36)/t22-/m0/s1. The van der Waals surface area contributed by atoms with Crippen molar-refractivity contribution >= 4 is 39.1 Å². The first-order chi connectivity index (χ1) is 18.4. The molecule has 0 aliphatic rings. The van der Waals surface area contributed by atoms with Crippen molar-refractivity contribution in [1.29, 1.82) is 0 Å². The summed E-state index contributed by atoms with van der Waals surface area (Å²) in [6.07, 6.45) is 0. The minimum Gasteiger partial charge on any atom is -0.354 e. The molecule has 0 saturated carbocycles. The van der Waals surface area contributed by atoms with Crippen LogP contribution in [0.2, 0.25) is 5.02 Å². The summed E-state index contributed by atoms with van der Waals surface area (Å²) in [5.41, 5.74) is 1.38. The Morgan fingerprint density at radius 2 is 1.56 bits per heavy atom. The van der Waals surface area contributed by atoms with Gasteiger partial charge in [0.2, 0.25) is 11.8 Å². The summed E-state index contributed by atoms with van der Waals surface area (Å²) in [4.78, 5) is 27.9. The molecular weight excluding hydrogens is 541 g/mol. The number of nitrogens with one attached hydrogen (secondary N) is 1. The third-order valence-corrected chi connectivity index (χ3v) is 8.19. The van der Waals surface area contributed by atoms with Gasteiger partial charge in [0, 0.05) is 23.7 Å². The summed E-state index contributed by atoms with van der Waals surface area (Å²) >= 11 is 5.96. The van der Waals surface area contributed by atoms with E-state index in [1.54, 1.807) is 30.3 Å². The summed E-state index contributed by atoms with van der Waals surface area (Å²) in [6.45, 7) is 6.85. The van der Waals surface area contributed by atoms with Crippen LogP contribution in [0.4, 0.5) is 10.1 Å². The maximum atomic E-state index is 14.6. The number of rotatable bonds is 11. The SMILES string of the molecule is Cc1ccc(N(CC(=O)N(Cc2ccccc2F)[C@@H](C)C(=O)NCC(C)C)S(=O)(=O)c2ccc(Cl)cc2)cc1. The molecule has 1 atom stereocenters. The fourth-order valence-electron chi connectivity index (χ4n) is 3.82. The van der Waals surface area contributed by atoms with E-state index in [0.717, 1.165) is 9.87 Å². The van der Waals surface area contributed by atoms with Crippen molar-refractivity contribution in [2.24, 2.45) is 5.92 Å². The summed E-state index contributed by atoms with van der Waals surface area (Å²) in [5.74, 6) is -1.44. The molecule has 3 aromatic carbocycles. The van der Waals surface area contributed by atoms with Crippen LogP contribution < -0.4 is 9.62 Å². The fraction of sp³-hybridized carbons (Fsp3) is 0.310. The first-order valence-corrected chi connectivity index (χ1v) is 14.4. The van der Waals surface area contributed by atoms with Gasteiger partial charge in [-0.15, -0.1) is 0 Å². The monoisotopic (exact) mass is 573 g/mol. The number of halogens is 2. The number of carbonyl (C=O) groups excluding carboxylic acids is 2. The highest BCUT2D eigenvalue weighted by molar-refractivity contribution is 7.92. The molecule has 3 rings (SSSR count). The van der Waals surface area contributed by atoms with Crippen LogP contribution >= 0.6 is 11.6 Å². The van der Waals surface area contributed by atoms with Crippen molar-refractivity contribution < 1.29 is 22.4 Å². The Balaban J connectivity index is 2.01. The molecule has 3 aromatic rings. The first kappa shape index (κ1) is 30.1. The number of sulfonamides is 1. The van der Waals surface area contributed by atoms with Crippen molar-refractivity contribution in [3.8, 4) is 0 Å². The van der Waals surface area contributed by atoms with E-state index < -0.39 is 40.2 Å². The lowest BCUT2D eigenvalue weighted by Gasteiger charge is -2.32. The van der Waals surface area contributed by atoms with Gasteiger partial charge in [-0.2, -0.15) is 0 Å². The van der Waals surface area contributed by atoms with Crippen molar-refractivity contribution in [2.45, 2.75) is 45.2 Å². The molecule has 10 heteroatoms. The quantitative estimate of drug-likeness (QED) is 0.343. The van der Waals surface area contributed by atoms with Crippen LogP contribution in [0.5, 0.6) is 0 Å². The third kappa shape index (κ3) is 7.80. The van der Waals surface area contributed by atoms with Crippen molar-refractivity contribution in [3.63, 3.8) is 0 Å². The molecule has 0 spiro atoms. The van der Waals surface area contributed by atoms with Gasteiger partial charge in [0.05, 0.1) is 10.6 Å². The van der Waals surface area contributed by atoms with Crippen molar-refractivity contribution in [2.75, 3.05) is 17.4 Å². The molecule has 0 aliphatic heterocycles. The van der Waals surface area contributed by atoms with Crippen LogP contribution in [0, 0.1) is 18.7 Å². The van der Waals surface area contributed by atoms with E-state index in [1.807, 2.05) is 20.8 Å². The Morgan fingerprint density at radius 1 is 0.949 bits per heavy atom. The molecule has 7 nitrogen and oxygen atoms in total. The Bertz CT molecular complexity index is 1400. The predicted molar refractivity (Wildman–Crippen MR) is 151 cm³/mol. The normalized spacial score (nSPS) is 12.2. The largest absolute Gasteiger partial charge is 0.354 e. The highest BCUT2D eigenvalue weighted by Gasteiger charge is 2.32. The number of benzene rings is 3. The molecule has 0 aliphatic carbocycles. The Hall–Kier alpha value is -3.43. The van der Waals surface area contributed by atoms with Gasteiger partial charge in [-0.25, -0.2) is 12.8 Å².